The maximum atomic E-state index is 5.42. The number of oxazole rings is 1. The first-order chi connectivity index (χ1) is 6.27. The third-order valence-electron chi connectivity index (χ3n) is 1.71. The van der Waals surface area contributed by atoms with Crippen LogP contribution in [0.4, 0.5) is 6.01 Å². The Labute approximate surface area is 82.5 Å². The summed E-state index contributed by atoms with van der Waals surface area (Å²) in [5.74, 6) is 1.07. The molecule has 1 aromatic heterocycles. The maximum Gasteiger partial charge on any atom is 0.297 e. The van der Waals surface area contributed by atoms with E-state index in [1.165, 1.54) is 0 Å². The normalized spacial score (nSPS) is 10.4. The smallest absolute Gasteiger partial charge is 0.297 e. The molecule has 0 aliphatic carbocycles. The van der Waals surface area contributed by atoms with E-state index in [-0.39, 0.29) is 0 Å². The van der Waals surface area contributed by atoms with Gasteiger partial charge in [0.15, 0.2) is 0 Å². The molecule has 1 heterocycles. The van der Waals surface area contributed by atoms with Gasteiger partial charge >= 0.3 is 0 Å². The maximum absolute atomic E-state index is 5.42. The number of hydrogen-bond acceptors (Lipinski definition) is 5. The number of hydrogen-bond donors (Lipinski definition) is 1. The van der Waals surface area contributed by atoms with E-state index < -0.39 is 0 Å². The molecule has 1 rings (SSSR count). The molecule has 0 spiro atoms. The molecule has 0 bridgehead atoms. The average molecular weight is 201 g/mol. The Morgan fingerprint density at radius 1 is 1.69 bits per heavy atom. The summed E-state index contributed by atoms with van der Waals surface area (Å²) in [6.45, 7) is 1.37. The van der Waals surface area contributed by atoms with Gasteiger partial charge in [-0.05, 0) is 6.26 Å². The molecule has 0 radical (unpaired) electrons. The topological polar surface area (TPSA) is 55.3 Å². The monoisotopic (exact) mass is 201 g/mol. The van der Waals surface area contributed by atoms with Gasteiger partial charge in [-0.15, -0.1) is 0 Å². The van der Waals surface area contributed by atoms with Crippen molar-refractivity contribution in [3.05, 3.63) is 12.0 Å². The lowest BCUT2D eigenvalue weighted by atomic mass is 10.5. The average Bonchev–Trinajstić information content (AvgIpc) is 2.62. The van der Waals surface area contributed by atoms with Crippen LogP contribution in [0.3, 0.4) is 0 Å². The van der Waals surface area contributed by atoms with Crippen molar-refractivity contribution in [3.63, 3.8) is 0 Å². The van der Waals surface area contributed by atoms with Crippen LogP contribution in [0.1, 0.15) is 5.69 Å². The van der Waals surface area contributed by atoms with E-state index in [1.807, 2.05) is 11.9 Å². The van der Waals surface area contributed by atoms with E-state index in [2.05, 4.69) is 11.2 Å². The fourth-order valence-corrected chi connectivity index (χ4v) is 1.35. The summed E-state index contributed by atoms with van der Waals surface area (Å²) >= 11 is 1.80. The minimum absolute atomic E-state index is 0.430. The molecule has 4 nitrogen and oxygen atoms in total. The molecule has 0 unspecified atom stereocenters. The highest BCUT2D eigenvalue weighted by Crippen LogP contribution is 2.11. The van der Waals surface area contributed by atoms with Gasteiger partial charge in [-0.3, -0.25) is 0 Å². The Bertz CT molecular complexity index is 251. The van der Waals surface area contributed by atoms with E-state index in [0.29, 0.717) is 12.6 Å². The molecule has 0 saturated heterocycles. The van der Waals surface area contributed by atoms with Gasteiger partial charge in [-0.25, -0.2) is 0 Å². The van der Waals surface area contributed by atoms with Gasteiger partial charge in [-0.1, -0.05) is 0 Å². The highest BCUT2D eigenvalue weighted by atomic mass is 32.2. The van der Waals surface area contributed by atoms with Gasteiger partial charge in [0.25, 0.3) is 6.01 Å². The van der Waals surface area contributed by atoms with Crippen molar-refractivity contribution in [2.45, 2.75) is 6.54 Å². The van der Waals surface area contributed by atoms with Gasteiger partial charge in [0.1, 0.15) is 6.26 Å². The Balaban J connectivity index is 2.50. The molecule has 0 atom stereocenters. The molecule has 1 aromatic rings. The first-order valence-electron chi connectivity index (χ1n) is 4.12. The molecular weight excluding hydrogens is 186 g/mol. The summed E-state index contributed by atoms with van der Waals surface area (Å²) in [6.07, 6.45) is 3.68. The van der Waals surface area contributed by atoms with Crippen LogP contribution in [-0.4, -0.2) is 30.6 Å². The number of nitrogens with two attached hydrogens (primary N) is 1. The van der Waals surface area contributed by atoms with Crippen LogP contribution in [0.15, 0.2) is 10.7 Å². The molecule has 5 heteroatoms. The highest BCUT2D eigenvalue weighted by molar-refractivity contribution is 7.98. The molecule has 0 aliphatic rings. The second-order valence-electron chi connectivity index (χ2n) is 2.74. The zero-order valence-electron chi connectivity index (χ0n) is 7.99. The van der Waals surface area contributed by atoms with Gasteiger partial charge in [0.2, 0.25) is 0 Å². The summed E-state index contributed by atoms with van der Waals surface area (Å²) in [6, 6.07) is 0.648. The second kappa shape index (κ2) is 5.14. The van der Waals surface area contributed by atoms with Crippen molar-refractivity contribution in [2.24, 2.45) is 5.73 Å². The largest absolute Gasteiger partial charge is 0.432 e. The Morgan fingerprint density at radius 3 is 3.00 bits per heavy atom. The number of nitrogens with zero attached hydrogens (tertiary/aromatic N) is 2. The van der Waals surface area contributed by atoms with Gasteiger partial charge in [-0.2, -0.15) is 16.7 Å². The van der Waals surface area contributed by atoms with Crippen molar-refractivity contribution in [2.75, 3.05) is 30.5 Å². The standard InChI is InChI=1S/C8H15N3OS/c1-11(3-4-13-2)8-10-7(5-9)6-12-8/h6H,3-5,9H2,1-2H3. The van der Waals surface area contributed by atoms with E-state index in [0.717, 1.165) is 18.0 Å². The highest BCUT2D eigenvalue weighted by Gasteiger charge is 2.06. The molecule has 0 saturated carbocycles. The third kappa shape index (κ3) is 2.93. The molecular formula is C8H15N3OS. The van der Waals surface area contributed by atoms with E-state index in [4.69, 9.17) is 10.2 Å². The molecule has 74 valence electrons. The van der Waals surface area contributed by atoms with E-state index in [1.54, 1.807) is 18.0 Å². The minimum Gasteiger partial charge on any atom is -0.432 e. The lowest BCUT2D eigenvalue weighted by Gasteiger charge is -2.12. The molecule has 0 aromatic carbocycles. The first kappa shape index (κ1) is 10.4. The zero-order chi connectivity index (χ0) is 9.68. The summed E-state index contributed by atoms with van der Waals surface area (Å²) < 4.78 is 5.24. The van der Waals surface area contributed by atoms with E-state index in [9.17, 15) is 0 Å². The predicted molar refractivity (Wildman–Crippen MR) is 56.0 cm³/mol. The lowest BCUT2D eigenvalue weighted by Crippen LogP contribution is -2.20. The van der Waals surface area contributed by atoms with Crippen LogP contribution in [0, 0.1) is 0 Å². The van der Waals surface area contributed by atoms with Crippen molar-refractivity contribution < 1.29 is 4.42 Å². The van der Waals surface area contributed by atoms with Crippen molar-refractivity contribution in [1.29, 1.82) is 0 Å². The van der Waals surface area contributed by atoms with Crippen LogP contribution in [0.5, 0.6) is 0 Å². The molecule has 0 aliphatic heterocycles. The number of aromatic nitrogens is 1. The van der Waals surface area contributed by atoms with Crippen molar-refractivity contribution >= 4 is 17.8 Å². The Kier molecular flexibility index (Phi) is 4.11. The summed E-state index contributed by atoms with van der Waals surface area (Å²) in [5.41, 5.74) is 6.22. The summed E-state index contributed by atoms with van der Waals surface area (Å²) in [5, 5.41) is 0. The molecule has 0 amide bonds. The lowest BCUT2D eigenvalue weighted by molar-refractivity contribution is 0.548. The summed E-state index contributed by atoms with van der Waals surface area (Å²) in [7, 11) is 1.96. The van der Waals surface area contributed by atoms with Crippen molar-refractivity contribution in [1.82, 2.24) is 4.98 Å². The Morgan fingerprint density at radius 2 is 2.46 bits per heavy atom. The second-order valence-corrected chi connectivity index (χ2v) is 3.73. The number of thioether (sulfide) groups is 1. The number of anilines is 1. The SMILES string of the molecule is CSCCN(C)c1nc(CN)co1. The van der Waals surface area contributed by atoms with Gasteiger partial charge in [0, 0.05) is 25.9 Å². The minimum atomic E-state index is 0.430. The quantitative estimate of drug-likeness (QED) is 0.768. The van der Waals surface area contributed by atoms with Crippen LogP contribution in [0.25, 0.3) is 0 Å². The third-order valence-corrected chi connectivity index (χ3v) is 2.30. The molecule has 13 heavy (non-hydrogen) atoms. The zero-order valence-corrected chi connectivity index (χ0v) is 8.80. The van der Waals surface area contributed by atoms with Crippen molar-refractivity contribution in [3.8, 4) is 0 Å². The van der Waals surface area contributed by atoms with Gasteiger partial charge < -0.3 is 15.1 Å². The summed E-state index contributed by atoms with van der Waals surface area (Å²) in [4.78, 5) is 6.19. The van der Waals surface area contributed by atoms with Crippen LogP contribution in [0.2, 0.25) is 0 Å². The predicted octanol–water partition coefficient (Wildman–Crippen LogP) is 0.932. The first-order valence-corrected chi connectivity index (χ1v) is 5.52. The van der Waals surface area contributed by atoms with Crippen LogP contribution in [-0.2, 0) is 6.54 Å². The Hall–Kier alpha value is -0.680. The number of rotatable bonds is 5. The van der Waals surface area contributed by atoms with E-state index >= 15 is 0 Å². The van der Waals surface area contributed by atoms with Gasteiger partial charge in [0.05, 0.1) is 5.69 Å². The fourth-order valence-electron chi connectivity index (χ4n) is 0.889. The molecule has 2 N–H and O–H groups in total. The molecule has 0 fully saturated rings. The fraction of sp³-hybridized carbons (Fsp3) is 0.625. The van der Waals surface area contributed by atoms with Crippen LogP contribution >= 0.6 is 11.8 Å². The van der Waals surface area contributed by atoms with Crippen LogP contribution < -0.4 is 10.6 Å².